The van der Waals surface area contributed by atoms with E-state index in [1.54, 1.807) is 0 Å². The molecule has 0 amide bonds. The molecule has 8 aromatic rings. The van der Waals surface area contributed by atoms with E-state index in [0.29, 0.717) is 0 Å². The molecule has 39 heavy (non-hydrogen) atoms. The minimum absolute atomic E-state index is 0.0192. The summed E-state index contributed by atoms with van der Waals surface area (Å²) in [5.74, 6) is 0. The molecule has 8 rings (SSSR count). The number of fused-ring (bicyclic) bond motifs is 5. The molecular weight excluding hydrogens is 472 g/mol. The molecule has 7 aromatic carbocycles. The van der Waals surface area contributed by atoms with Crippen molar-refractivity contribution in [2.75, 3.05) is 0 Å². The summed E-state index contributed by atoms with van der Waals surface area (Å²) in [6, 6.07) is 4.69. The van der Waals surface area contributed by atoms with Gasteiger partial charge in [0, 0.05) is 10.8 Å². The smallest absolute Gasteiger partial charge is 0.135 e. The average Bonchev–Trinajstić information content (AvgIpc) is 3.55. The van der Waals surface area contributed by atoms with Gasteiger partial charge in [-0.3, -0.25) is 0 Å². The Labute approximate surface area is 249 Å². The quantitative estimate of drug-likeness (QED) is 0.215. The van der Waals surface area contributed by atoms with Crippen molar-refractivity contribution < 1.29 is 26.3 Å². The van der Waals surface area contributed by atoms with Gasteiger partial charge in [-0.15, -0.1) is 0 Å². The molecule has 0 unspecified atom stereocenters. The van der Waals surface area contributed by atoms with Crippen LogP contribution in [0.25, 0.3) is 76.9 Å². The normalized spacial score (nSPS) is 17.3. The first kappa shape index (κ1) is 11.3. The molecule has 0 atom stereocenters. The molecule has 0 radical (unpaired) electrons. The zero-order valence-electron chi connectivity index (χ0n) is 36.0. The van der Waals surface area contributed by atoms with Crippen molar-refractivity contribution in [3.05, 3.63) is 145 Å². The SMILES string of the molecule is [2H]c1cc(-c2cc([2H])c3oc4c([2H])c([2H])c([2H])c([2H])c4c3c2[2H])c2c(-c3cc([2H])c([2H])c([2H])c3)c3cc([2H])c([2H])c([2H])c3c(-c3cc([2H])c([2H])c([2H])c3)c2c1. The van der Waals surface area contributed by atoms with Gasteiger partial charge in [0.05, 0.1) is 21.9 Å². The molecule has 0 aliphatic rings. The maximum Gasteiger partial charge on any atom is 0.135 e. The van der Waals surface area contributed by atoms with Gasteiger partial charge in [0.25, 0.3) is 0 Å². The van der Waals surface area contributed by atoms with Crippen LogP contribution in [-0.4, -0.2) is 0 Å². The van der Waals surface area contributed by atoms with Crippen LogP contribution in [-0.2, 0) is 0 Å². The molecule has 0 fully saturated rings. The van der Waals surface area contributed by atoms with Gasteiger partial charge in [0.1, 0.15) is 11.2 Å². The maximum atomic E-state index is 9.54. The van der Waals surface area contributed by atoms with Gasteiger partial charge in [-0.05, 0) is 73.1 Å². The maximum absolute atomic E-state index is 9.54. The second kappa shape index (κ2) is 8.72. The molecule has 0 N–H and O–H groups in total. The Morgan fingerprint density at radius 1 is 0.410 bits per heavy atom. The van der Waals surface area contributed by atoms with Crippen LogP contribution in [0.5, 0.6) is 0 Å². The molecule has 1 nitrogen and oxygen atoms in total. The number of rotatable bonds is 3. The van der Waals surface area contributed by atoms with Crippen LogP contribution in [0.4, 0.5) is 0 Å². The van der Waals surface area contributed by atoms with E-state index in [9.17, 15) is 1.37 Å². The minimum Gasteiger partial charge on any atom is -0.456 e. The van der Waals surface area contributed by atoms with Crippen LogP contribution in [0, 0.1) is 0 Å². The third-order valence-electron chi connectivity index (χ3n) is 6.79. The van der Waals surface area contributed by atoms with E-state index < -0.39 is 36.3 Å². The van der Waals surface area contributed by atoms with Crippen LogP contribution in [0.15, 0.2) is 150 Å². The van der Waals surface area contributed by atoms with E-state index in [2.05, 4.69) is 0 Å². The Morgan fingerprint density at radius 2 is 1.05 bits per heavy atom. The Bertz CT molecular complexity index is 3010. The van der Waals surface area contributed by atoms with E-state index in [1.165, 1.54) is 48.5 Å². The van der Waals surface area contributed by atoms with Crippen molar-refractivity contribution in [3.63, 3.8) is 0 Å². The van der Waals surface area contributed by atoms with Crippen molar-refractivity contribution in [1.29, 1.82) is 0 Å². The summed E-state index contributed by atoms with van der Waals surface area (Å²) < 4.78 is 144. The van der Waals surface area contributed by atoms with Gasteiger partial charge in [-0.2, -0.15) is 0 Å². The van der Waals surface area contributed by atoms with Crippen LogP contribution in [0.1, 0.15) is 21.9 Å². The molecule has 0 saturated heterocycles. The Morgan fingerprint density at radius 3 is 1.87 bits per heavy atom. The number of hydrogen-bond acceptors (Lipinski definition) is 1. The zero-order chi connectivity index (χ0) is 39.7. The van der Waals surface area contributed by atoms with E-state index in [4.69, 9.17) is 25.0 Å². The largest absolute Gasteiger partial charge is 0.456 e. The fourth-order valence-corrected chi connectivity index (χ4v) is 5.19. The summed E-state index contributed by atoms with van der Waals surface area (Å²) in [6.07, 6.45) is 0. The summed E-state index contributed by atoms with van der Waals surface area (Å²) in [7, 11) is 0. The fraction of sp³-hybridized carbons (Fsp3) is 0. The Balaban J connectivity index is 1.68. The second-order valence-corrected chi connectivity index (χ2v) is 8.89. The number of hydrogen-bond donors (Lipinski definition) is 0. The van der Waals surface area contributed by atoms with E-state index >= 15 is 0 Å². The number of benzene rings is 7. The van der Waals surface area contributed by atoms with Crippen molar-refractivity contribution in [2.24, 2.45) is 0 Å². The highest BCUT2D eigenvalue weighted by atomic mass is 16.3. The first-order valence-corrected chi connectivity index (χ1v) is 12.0. The third kappa shape index (κ3) is 3.41. The third-order valence-corrected chi connectivity index (χ3v) is 6.79. The number of furan rings is 1. The molecule has 1 aromatic heterocycles. The lowest BCUT2D eigenvalue weighted by Gasteiger charge is -2.20. The Hall–Kier alpha value is -5.14. The molecule has 1 heterocycles. The van der Waals surface area contributed by atoms with Gasteiger partial charge in [0.15, 0.2) is 0 Å². The summed E-state index contributed by atoms with van der Waals surface area (Å²) in [5.41, 5.74) is 0.470. The Kier molecular flexibility index (Phi) is 2.53. The fourth-order valence-electron chi connectivity index (χ4n) is 5.19. The van der Waals surface area contributed by atoms with Crippen molar-refractivity contribution in [2.45, 2.75) is 0 Å². The summed E-state index contributed by atoms with van der Waals surface area (Å²) in [4.78, 5) is 0. The minimum atomic E-state index is -0.573. The van der Waals surface area contributed by atoms with Gasteiger partial charge in [-0.1, -0.05) is 127 Å². The summed E-state index contributed by atoms with van der Waals surface area (Å²) in [5, 5.41) is 0.458. The molecule has 0 saturated carbocycles. The van der Waals surface area contributed by atoms with Crippen LogP contribution < -0.4 is 0 Å². The molecule has 0 aliphatic heterocycles. The molecule has 182 valence electrons. The predicted molar refractivity (Wildman–Crippen MR) is 165 cm³/mol. The van der Waals surface area contributed by atoms with Crippen LogP contribution >= 0.6 is 0 Å². The van der Waals surface area contributed by atoms with E-state index in [1.807, 2.05) is 0 Å². The zero-order valence-corrected chi connectivity index (χ0v) is 20.0. The molecule has 0 spiro atoms. The monoisotopic (exact) mass is 512 g/mol. The van der Waals surface area contributed by atoms with Crippen molar-refractivity contribution in [1.82, 2.24) is 0 Å². The van der Waals surface area contributed by atoms with Crippen LogP contribution in [0.3, 0.4) is 0 Å². The lowest BCUT2D eigenvalue weighted by molar-refractivity contribution is 0.669. The predicted octanol–water partition coefficient (Wildman–Crippen LogP) is 10.9. The topological polar surface area (TPSA) is 13.1 Å². The van der Waals surface area contributed by atoms with E-state index in [-0.39, 0.29) is 137 Å². The molecule has 0 aliphatic carbocycles. The average molecular weight is 513 g/mol. The summed E-state index contributed by atoms with van der Waals surface area (Å²) in [6.45, 7) is 0. The van der Waals surface area contributed by atoms with Crippen LogP contribution in [0.2, 0.25) is 0 Å². The lowest BCUT2D eigenvalue weighted by atomic mass is 9.83. The molecular formula is C38H24O. The molecule has 0 bridgehead atoms. The van der Waals surface area contributed by atoms with Crippen molar-refractivity contribution >= 4 is 43.5 Å². The standard InChI is InChI=1S/C38H24O/c1-3-12-25(13-4-1)36-30-17-7-8-18-31(30)37(26-14-5-2-6-15-26)38-28(19-11-20-32(36)38)27-22-23-35-33(24-27)29-16-9-10-21-34(29)39-35/h1-24H/i1D,2D,3D,4D,5D,6D,7D,8D,9D,10D,11D,16D,17D,21D,23D,24D. The van der Waals surface area contributed by atoms with Gasteiger partial charge < -0.3 is 4.42 Å². The lowest BCUT2D eigenvalue weighted by Crippen LogP contribution is -1.93. The highest BCUT2D eigenvalue weighted by Gasteiger charge is 2.20. The summed E-state index contributed by atoms with van der Waals surface area (Å²) >= 11 is 0. The first-order chi connectivity index (χ1) is 25.9. The first-order valence-electron chi connectivity index (χ1n) is 20.0. The van der Waals surface area contributed by atoms with Gasteiger partial charge >= 0.3 is 0 Å². The molecule has 1 heteroatoms. The van der Waals surface area contributed by atoms with E-state index in [0.717, 1.165) is 0 Å². The van der Waals surface area contributed by atoms with Gasteiger partial charge in [0.2, 0.25) is 0 Å². The van der Waals surface area contributed by atoms with Gasteiger partial charge in [-0.25, -0.2) is 0 Å². The highest BCUT2D eigenvalue weighted by molar-refractivity contribution is 6.25. The van der Waals surface area contributed by atoms with Crippen molar-refractivity contribution in [3.8, 4) is 33.4 Å². The second-order valence-electron chi connectivity index (χ2n) is 8.89. The highest BCUT2D eigenvalue weighted by Crippen LogP contribution is 2.47. The number of para-hydroxylation sites is 1.